The summed E-state index contributed by atoms with van der Waals surface area (Å²) in [5.74, 6) is 0. The number of carbonyl (C=O) groups excluding carboxylic acids is 1. The third-order valence-electron chi connectivity index (χ3n) is 10.9. The minimum absolute atomic E-state index is 0.0172. The molecule has 0 saturated carbocycles. The van der Waals surface area contributed by atoms with E-state index in [1.807, 2.05) is 0 Å². The van der Waals surface area contributed by atoms with Crippen LogP contribution < -0.4 is 0 Å². The molecule has 41 heavy (non-hydrogen) atoms. The summed E-state index contributed by atoms with van der Waals surface area (Å²) in [5.41, 5.74) is 0. The van der Waals surface area contributed by atoms with Crippen molar-refractivity contribution in [1.82, 2.24) is 0 Å². The molecule has 1 aliphatic heterocycles. The number of ether oxygens (including phenoxy) is 1. The van der Waals surface area contributed by atoms with Crippen LogP contribution in [0.4, 0.5) is 0 Å². The molecule has 5 atom stereocenters. The fraction of sp³-hybridized carbons (Fsp3) is 0.968. The second kappa shape index (κ2) is 12.6. The largest absolute Gasteiger partial charge is 0.414 e. The third kappa shape index (κ3) is 9.42. The maximum atomic E-state index is 12.8. The van der Waals surface area contributed by atoms with Crippen LogP contribution in [0.25, 0.3) is 0 Å². The average Bonchev–Trinajstić information content (AvgIpc) is 2.71. The summed E-state index contributed by atoms with van der Waals surface area (Å²) in [4.78, 5) is 12.8. The van der Waals surface area contributed by atoms with Crippen LogP contribution in [0.5, 0.6) is 0 Å². The second-order valence-electron chi connectivity index (χ2n) is 18.4. The summed E-state index contributed by atoms with van der Waals surface area (Å²) in [7, 11) is -9.00. The Bertz CT molecular complexity index is 875. The highest BCUT2D eigenvalue weighted by Crippen LogP contribution is 2.46. The zero-order valence-corrected chi connectivity index (χ0v) is 34.6. The Morgan fingerprint density at radius 2 is 0.854 bits per heavy atom. The van der Waals surface area contributed by atoms with E-state index in [1.165, 1.54) is 0 Å². The quantitative estimate of drug-likeness (QED) is 0.174. The molecule has 0 aromatic carbocycles. The van der Waals surface area contributed by atoms with E-state index in [-0.39, 0.29) is 20.2 Å². The Labute approximate surface area is 258 Å². The predicted molar refractivity (Wildman–Crippen MR) is 184 cm³/mol. The van der Waals surface area contributed by atoms with Gasteiger partial charge in [-0.2, -0.15) is 0 Å². The normalized spacial score (nSPS) is 26.3. The molecule has 0 N–H and O–H groups in total. The van der Waals surface area contributed by atoms with Crippen LogP contribution >= 0.6 is 0 Å². The van der Waals surface area contributed by atoms with Crippen LogP contribution in [-0.2, 0) is 27.2 Å². The summed E-state index contributed by atoms with van der Waals surface area (Å²) in [6.07, 6.45) is -1.70. The van der Waals surface area contributed by atoms with E-state index in [4.69, 9.17) is 22.4 Å². The molecule has 10 heteroatoms. The summed E-state index contributed by atoms with van der Waals surface area (Å²) < 4.78 is 35.1. The van der Waals surface area contributed by atoms with Gasteiger partial charge in [-0.05, 0) is 72.5 Å². The highest BCUT2D eigenvalue weighted by Gasteiger charge is 2.56. The summed E-state index contributed by atoms with van der Waals surface area (Å²) >= 11 is 0. The smallest absolute Gasteiger partial charge is 0.192 e. The van der Waals surface area contributed by atoms with E-state index in [0.29, 0.717) is 6.61 Å². The molecule has 0 amide bonds. The Balaban J connectivity index is 3.84. The van der Waals surface area contributed by atoms with Crippen molar-refractivity contribution in [2.24, 2.45) is 0 Å². The summed E-state index contributed by atoms with van der Waals surface area (Å²) in [6.45, 7) is 45.3. The predicted octanol–water partition coefficient (Wildman–Crippen LogP) is 9.15. The van der Waals surface area contributed by atoms with Gasteiger partial charge in [0.2, 0.25) is 0 Å². The average molecular weight is 649 g/mol. The molecule has 1 rings (SSSR count). The van der Waals surface area contributed by atoms with E-state index in [1.54, 1.807) is 0 Å². The lowest BCUT2D eigenvalue weighted by molar-refractivity contribution is -0.209. The van der Waals surface area contributed by atoms with Crippen molar-refractivity contribution in [3.63, 3.8) is 0 Å². The van der Waals surface area contributed by atoms with Gasteiger partial charge in [-0.1, -0.05) is 83.1 Å². The van der Waals surface area contributed by atoms with Crippen LogP contribution in [0.2, 0.25) is 72.5 Å². The van der Waals surface area contributed by atoms with Gasteiger partial charge in [-0.15, -0.1) is 0 Å². The first kappa shape index (κ1) is 39.4. The zero-order chi connectivity index (χ0) is 32.8. The summed E-state index contributed by atoms with van der Waals surface area (Å²) in [6, 6.07) is 0. The molecular weight excluding hydrogens is 581 g/mol. The number of hydrogen-bond donors (Lipinski definition) is 0. The molecule has 0 spiro atoms. The van der Waals surface area contributed by atoms with E-state index >= 15 is 0 Å². The molecule has 0 aliphatic carbocycles. The highest BCUT2D eigenvalue weighted by atomic mass is 28.4. The maximum Gasteiger partial charge on any atom is 0.192 e. The van der Waals surface area contributed by atoms with E-state index in [2.05, 4.69) is 135 Å². The van der Waals surface area contributed by atoms with Gasteiger partial charge in [0, 0.05) is 0 Å². The molecule has 0 bridgehead atoms. The van der Waals surface area contributed by atoms with Crippen molar-refractivity contribution in [2.45, 2.75) is 186 Å². The van der Waals surface area contributed by atoms with Crippen LogP contribution in [-0.4, -0.2) is 76.7 Å². The van der Waals surface area contributed by atoms with Gasteiger partial charge in [-0.25, -0.2) is 0 Å². The standard InChI is InChI=1S/C31H68O6Si4/c1-28(2,3)38(13,14)33-22-24-26(36-40(17,18)30(7,8)9)27(37-41(19,20)31(10,11)12)25(23(21-32)34-24)35-39(15,16)29(4,5)6/h21,23-27H,22H2,1-20H3/t23-,24+,25-,26-,27+/m0/s1. The first-order valence-corrected chi connectivity index (χ1v) is 27.2. The molecule has 244 valence electrons. The van der Waals surface area contributed by atoms with Crippen molar-refractivity contribution >= 4 is 39.6 Å². The van der Waals surface area contributed by atoms with Crippen molar-refractivity contribution in [3.8, 4) is 0 Å². The van der Waals surface area contributed by atoms with Crippen molar-refractivity contribution in [1.29, 1.82) is 0 Å². The van der Waals surface area contributed by atoms with Gasteiger partial charge in [0.1, 0.15) is 30.5 Å². The van der Waals surface area contributed by atoms with Crippen LogP contribution in [0.1, 0.15) is 83.1 Å². The minimum atomic E-state index is -2.31. The zero-order valence-electron chi connectivity index (χ0n) is 30.6. The number of aldehydes is 1. The lowest BCUT2D eigenvalue weighted by Gasteiger charge is -2.54. The molecule has 1 heterocycles. The molecule has 0 radical (unpaired) electrons. The van der Waals surface area contributed by atoms with E-state index < -0.39 is 63.8 Å². The first-order chi connectivity index (χ1) is 17.8. The topological polar surface area (TPSA) is 63.2 Å². The Hall–Kier alpha value is 0.338. The fourth-order valence-corrected chi connectivity index (χ4v) is 8.59. The van der Waals surface area contributed by atoms with Crippen LogP contribution in [0, 0.1) is 0 Å². The van der Waals surface area contributed by atoms with Gasteiger partial charge in [0.25, 0.3) is 0 Å². The Kier molecular flexibility index (Phi) is 12.1. The monoisotopic (exact) mass is 648 g/mol. The molecular formula is C31H68O6Si4. The number of carbonyl (C=O) groups is 1. The van der Waals surface area contributed by atoms with Gasteiger partial charge >= 0.3 is 0 Å². The number of rotatable bonds is 10. The highest BCUT2D eigenvalue weighted by molar-refractivity contribution is 6.75. The molecule has 0 aromatic rings. The van der Waals surface area contributed by atoms with E-state index in [0.717, 1.165) is 6.29 Å². The van der Waals surface area contributed by atoms with Gasteiger partial charge < -0.3 is 27.2 Å². The molecule has 1 aliphatic rings. The van der Waals surface area contributed by atoms with E-state index in [9.17, 15) is 4.79 Å². The molecule has 0 unspecified atom stereocenters. The van der Waals surface area contributed by atoms with Crippen molar-refractivity contribution in [2.75, 3.05) is 6.61 Å². The van der Waals surface area contributed by atoms with Crippen LogP contribution in [0.15, 0.2) is 0 Å². The SMILES string of the molecule is CC(C)(C)[Si](C)(C)OC[C@H]1O[C@@H](C=O)[C@H](O[Si](C)(C)C(C)(C)C)[C@@H](O[Si](C)(C)C(C)(C)C)[C@H]1O[Si](C)(C)C(C)(C)C. The van der Waals surface area contributed by atoms with Gasteiger partial charge in [0.05, 0.1) is 6.61 Å². The lowest BCUT2D eigenvalue weighted by Crippen LogP contribution is -2.68. The lowest BCUT2D eigenvalue weighted by atomic mass is 9.96. The third-order valence-corrected chi connectivity index (χ3v) is 28.9. The summed E-state index contributed by atoms with van der Waals surface area (Å²) in [5, 5.41) is -0.0403. The fourth-order valence-electron chi connectivity index (χ4n) is 3.65. The Morgan fingerprint density at radius 1 is 0.537 bits per heavy atom. The molecule has 0 aromatic heterocycles. The maximum absolute atomic E-state index is 12.8. The van der Waals surface area contributed by atoms with Gasteiger partial charge in [-0.3, -0.25) is 0 Å². The molecule has 1 saturated heterocycles. The van der Waals surface area contributed by atoms with Crippen molar-refractivity contribution in [3.05, 3.63) is 0 Å². The molecule has 6 nitrogen and oxygen atoms in total. The number of hydrogen-bond acceptors (Lipinski definition) is 6. The van der Waals surface area contributed by atoms with Gasteiger partial charge in [0.15, 0.2) is 39.6 Å². The molecule has 1 fully saturated rings. The Morgan fingerprint density at radius 3 is 1.17 bits per heavy atom. The second-order valence-corrected chi connectivity index (χ2v) is 37.5. The minimum Gasteiger partial charge on any atom is -0.414 e. The van der Waals surface area contributed by atoms with Crippen molar-refractivity contribution < 1.29 is 27.2 Å². The van der Waals surface area contributed by atoms with Crippen LogP contribution in [0.3, 0.4) is 0 Å². The first-order valence-electron chi connectivity index (χ1n) is 15.6.